The number of fused-ring (bicyclic) bond motifs is 3. The highest BCUT2D eigenvalue weighted by molar-refractivity contribution is 5.73. The quantitative estimate of drug-likeness (QED) is 0.752. The molecule has 5 N–H and O–H groups in total. The minimum Gasteiger partial charge on any atom is -0.383 e. The van der Waals surface area contributed by atoms with Crippen LogP contribution in [0.25, 0.3) is 11.3 Å². The van der Waals surface area contributed by atoms with Gasteiger partial charge >= 0.3 is 0 Å². The van der Waals surface area contributed by atoms with Crippen molar-refractivity contribution >= 4 is 11.8 Å². The number of piperidine rings is 1. The Hall–Kier alpha value is -2.14. The maximum absolute atomic E-state index is 6.31. The second-order valence-electron chi connectivity index (χ2n) is 6.64. The lowest BCUT2D eigenvalue weighted by molar-refractivity contribution is 0.312. The van der Waals surface area contributed by atoms with Gasteiger partial charge in [-0.3, -0.25) is 0 Å². The normalized spacial score (nSPS) is 23.7. The van der Waals surface area contributed by atoms with E-state index in [1.54, 1.807) is 0 Å². The van der Waals surface area contributed by atoms with Gasteiger partial charge in [-0.05, 0) is 56.2 Å². The highest BCUT2D eigenvalue weighted by Gasteiger charge is 2.32. The molecule has 1 fully saturated rings. The van der Waals surface area contributed by atoms with E-state index in [2.05, 4.69) is 39.6 Å². The van der Waals surface area contributed by atoms with Crippen LogP contribution in [0.1, 0.15) is 36.3 Å². The second-order valence-corrected chi connectivity index (χ2v) is 6.64. The fourth-order valence-corrected chi connectivity index (χ4v) is 4.19. The number of aryl methyl sites for hydroxylation is 1. The molecule has 1 saturated heterocycles. The van der Waals surface area contributed by atoms with Crippen molar-refractivity contribution in [2.24, 2.45) is 5.92 Å². The summed E-state index contributed by atoms with van der Waals surface area (Å²) in [6.45, 7) is 2.16. The molecule has 1 aliphatic heterocycles. The summed E-state index contributed by atoms with van der Waals surface area (Å²) in [5.74, 6) is 1.80. The third-order valence-electron chi connectivity index (χ3n) is 5.26. The average Bonchev–Trinajstić information content (AvgIpc) is 2.73. The molecular formula is C18H23N5. The van der Waals surface area contributed by atoms with E-state index in [1.807, 2.05) is 0 Å². The van der Waals surface area contributed by atoms with Gasteiger partial charge in [-0.1, -0.05) is 24.3 Å². The Balaban J connectivity index is 1.88. The Kier molecular flexibility index (Phi) is 3.65. The molecule has 5 heteroatoms. The number of hydrogen-bond donors (Lipinski definition) is 3. The highest BCUT2D eigenvalue weighted by atomic mass is 15.0. The van der Waals surface area contributed by atoms with Crippen LogP contribution in [0.3, 0.4) is 0 Å². The summed E-state index contributed by atoms with van der Waals surface area (Å²) in [7, 11) is 0. The van der Waals surface area contributed by atoms with Crippen LogP contribution in [0.4, 0.5) is 11.8 Å². The van der Waals surface area contributed by atoms with Crippen LogP contribution < -0.4 is 16.8 Å². The molecule has 23 heavy (non-hydrogen) atoms. The molecule has 2 unspecified atom stereocenters. The number of hydrogen-bond acceptors (Lipinski definition) is 5. The van der Waals surface area contributed by atoms with E-state index in [9.17, 15) is 0 Å². The lowest BCUT2D eigenvalue weighted by Gasteiger charge is -2.31. The summed E-state index contributed by atoms with van der Waals surface area (Å²) in [5.41, 5.74) is 16.8. The average molecular weight is 309 g/mol. The zero-order chi connectivity index (χ0) is 15.8. The van der Waals surface area contributed by atoms with Gasteiger partial charge in [0.1, 0.15) is 5.82 Å². The molecule has 0 spiro atoms. The standard InChI is InChI=1S/C18H23N5/c19-17-15-13(12-5-3-9-21-10-12)8-7-11-4-1-2-6-14(11)16(15)22-18(20)23-17/h1-2,4,6,12-13,21H,3,5,7-10H2,(H4,19,20,22,23). The third-order valence-corrected chi connectivity index (χ3v) is 5.26. The minimum atomic E-state index is 0.262. The van der Waals surface area contributed by atoms with Gasteiger partial charge in [-0.15, -0.1) is 0 Å². The van der Waals surface area contributed by atoms with Crippen LogP contribution in [0.2, 0.25) is 0 Å². The Morgan fingerprint density at radius 3 is 2.78 bits per heavy atom. The number of nitrogens with zero attached hydrogens (tertiary/aromatic N) is 2. The number of nitrogen functional groups attached to an aromatic ring is 2. The van der Waals surface area contributed by atoms with Crippen molar-refractivity contribution in [2.45, 2.75) is 31.6 Å². The van der Waals surface area contributed by atoms with Crippen molar-refractivity contribution in [1.82, 2.24) is 15.3 Å². The first kappa shape index (κ1) is 14.5. The predicted octanol–water partition coefficient (Wildman–Crippen LogP) is 2.34. The molecule has 0 bridgehead atoms. The van der Waals surface area contributed by atoms with E-state index in [0.717, 1.165) is 42.8 Å². The minimum absolute atomic E-state index is 0.262. The Morgan fingerprint density at radius 2 is 1.96 bits per heavy atom. The van der Waals surface area contributed by atoms with Crippen LogP contribution in [-0.4, -0.2) is 23.1 Å². The number of nitrogens with one attached hydrogen (secondary N) is 1. The van der Waals surface area contributed by atoms with E-state index in [1.165, 1.54) is 18.4 Å². The maximum atomic E-state index is 6.31. The molecule has 2 aromatic rings. The first-order valence-corrected chi connectivity index (χ1v) is 8.46. The van der Waals surface area contributed by atoms with Gasteiger partial charge in [0.15, 0.2) is 0 Å². The third kappa shape index (κ3) is 2.55. The van der Waals surface area contributed by atoms with Gasteiger partial charge in [0.2, 0.25) is 5.95 Å². The van der Waals surface area contributed by atoms with E-state index < -0.39 is 0 Å². The fraction of sp³-hybridized carbons (Fsp3) is 0.444. The van der Waals surface area contributed by atoms with Gasteiger partial charge in [-0.25, -0.2) is 4.98 Å². The second kappa shape index (κ2) is 5.81. The molecule has 2 heterocycles. The zero-order valence-electron chi connectivity index (χ0n) is 13.3. The number of anilines is 2. The van der Waals surface area contributed by atoms with Gasteiger partial charge in [0.05, 0.1) is 5.69 Å². The van der Waals surface area contributed by atoms with E-state index in [4.69, 9.17) is 11.5 Å². The van der Waals surface area contributed by atoms with E-state index >= 15 is 0 Å². The smallest absolute Gasteiger partial charge is 0.222 e. The molecule has 2 atom stereocenters. The van der Waals surface area contributed by atoms with Crippen LogP contribution >= 0.6 is 0 Å². The van der Waals surface area contributed by atoms with Gasteiger partial charge < -0.3 is 16.8 Å². The molecule has 5 nitrogen and oxygen atoms in total. The van der Waals surface area contributed by atoms with E-state index in [-0.39, 0.29) is 5.95 Å². The molecule has 120 valence electrons. The van der Waals surface area contributed by atoms with Crippen molar-refractivity contribution in [2.75, 3.05) is 24.6 Å². The van der Waals surface area contributed by atoms with Crippen LogP contribution in [0, 0.1) is 5.92 Å². The molecule has 2 aliphatic rings. The predicted molar refractivity (Wildman–Crippen MR) is 92.9 cm³/mol. The number of rotatable bonds is 1. The van der Waals surface area contributed by atoms with Crippen molar-refractivity contribution in [1.29, 1.82) is 0 Å². The summed E-state index contributed by atoms with van der Waals surface area (Å²) in [6, 6.07) is 8.46. The molecule has 4 rings (SSSR count). The summed E-state index contributed by atoms with van der Waals surface area (Å²) in [5, 5.41) is 3.53. The Labute approximate surface area is 136 Å². The summed E-state index contributed by atoms with van der Waals surface area (Å²) >= 11 is 0. The number of nitrogens with two attached hydrogens (primary N) is 2. The van der Waals surface area contributed by atoms with Gasteiger partial charge in [0, 0.05) is 11.1 Å². The first-order chi connectivity index (χ1) is 11.2. The number of benzene rings is 1. The molecule has 1 aromatic heterocycles. The van der Waals surface area contributed by atoms with Gasteiger partial charge in [-0.2, -0.15) is 4.98 Å². The lowest BCUT2D eigenvalue weighted by Crippen LogP contribution is -2.34. The van der Waals surface area contributed by atoms with Crippen LogP contribution in [0.15, 0.2) is 24.3 Å². The molecule has 1 aromatic carbocycles. The molecule has 0 amide bonds. The fourth-order valence-electron chi connectivity index (χ4n) is 4.19. The summed E-state index contributed by atoms with van der Waals surface area (Å²) in [4.78, 5) is 8.86. The Bertz CT molecular complexity index is 721. The first-order valence-electron chi connectivity index (χ1n) is 8.46. The molecule has 1 aliphatic carbocycles. The van der Waals surface area contributed by atoms with Crippen molar-refractivity contribution in [3.05, 3.63) is 35.4 Å². The van der Waals surface area contributed by atoms with E-state index in [0.29, 0.717) is 17.7 Å². The number of aromatic nitrogens is 2. The largest absolute Gasteiger partial charge is 0.383 e. The van der Waals surface area contributed by atoms with Crippen LogP contribution in [0.5, 0.6) is 0 Å². The SMILES string of the molecule is Nc1nc(N)c2c(n1)-c1ccccc1CCC2C1CCCNC1. The molecule has 0 saturated carbocycles. The Morgan fingerprint density at radius 1 is 1.09 bits per heavy atom. The van der Waals surface area contributed by atoms with Crippen molar-refractivity contribution in [3.8, 4) is 11.3 Å². The highest BCUT2D eigenvalue weighted by Crippen LogP contribution is 2.44. The topological polar surface area (TPSA) is 89.8 Å². The zero-order valence-corrected chi connectivity index (χ0v) is 13.3. The van der Waals surface area contributed by atoms with Crippen LogP contribution in [-0.2, 0) is 6.42 Å². The van der Waals surface area contributed by atoms with Gasteiger partial charge in [0.25, 0.3) is 0 Å². The van der Waals surface area contributed by atoms with Crippen molar-refractivity contribution < 1.29 is 0 Å². The monoisotopic (exact) mass is 309 g/mol. The summed E-state index contributed by atoms with van der Waals surface area (Å²) < 4.78 is 0. The maximum Gasteiger partial charge on any atom is 0.222 e. The lowest BCUT2D eigenvalue weighted by atomic mass is 9.79. The van der Waals surface area contributed by atoms with Crippen molar-refractivity contribution in [3.63, 3.8) is 0 Å². The molecule has 0 radical (unpaired) electrons. The summed E-state index contributed by atoms with van der Waals surface area (Å²) in [6.07, 6.45) is 4.59. The molecular weight excluding hydrogens is 286 g/mol.